The number of hydrogen-bond donors (Lipinski definition) is 2. The fourth-order valence-electron chi connectivity index (χ4n) is 2.28. The average molecular weight is 388 g/mol. The quantitative estimate of drug-likeness (QED) is 0.734. The van der Waals surface area contributed by atoms with Crippen molar-refractivity contribution in [2.75, 3.05) is 0 Å². The fraction of sp³-hybridized carbons (Fsp3) is 0.308. The molecule has 1 aromatic carbocycles. The molecule has 6 nitrogen and oxygen atoms in total. The lowest BCUT2D eigenvalue weighted by Gasteiger charge is -2.24. The number of nitrogens with zero attached hydrogens (tertiary/aromatic N) is 1. The lowest BCUT2D eigenvalue weighted by molar-refractivity contribution is -0.137. The maximum absolute atomic E-state index is 12.3. The van der Waals surface area contributed by atoms with Crippen molar-refractivity contribution in [1.82, 2.24) is 4.90 Å². The highest BCUT2D eigenvalue weighted by atomic mass is 127. The Kier molecular flexibility index (Phi) is 4.26. The molecule has 2 amide bonds. The molecule has 0 radical (unpaired) electrons. The van der Waals surface area contributed by atoms with Crippen molar-refractivity contribution < 1.29 is 19.5 Å². The number of aliphatic carboxylic acids is 1. The molecule has 7 heteroatoms. The number of carboxylic acid groups (broad SMARTS) is 1. The molecule has 1 aromatic rings. The van der Waals surface area contributed by atoms with Crippen LogP contribution < -0.4 is 5.73 Å². The molecule has 0 spiro atoms. The van der Waals surface area contributed by atoms with E-state index in [9.17, 15) is 14.4 Å². The summed E-state index contributed by atoms with van der Waals surface area (Å²) < 4.78 is 0.942. The number of halogens is 1. The van der Waals surface area contributed by atoms with Gasteiger partial charge in [-0.25, -0.2) is 0 Å². The highest BCUT2D eigenvalue weighted by Crippen LogP contribution is 2.29. The van der Waals surface area contributed by atoms with Gasteiger partial charge in [0.05, 0.1) is 0 Å². The van der Waals surface area contributed by atoms with Gasteiger partial charge in [0.15, 0.2) is 0 Å². The van der Waals surface area contributed by atoms with Crippen LogP contribution in [0.5, 0.6) is 0 Å². The van der Waals surface area contributed by atoms with Gasteiger partial charge in [0.2, 0.25) is 5.91 Å². The van der Waals surface area contributed by atoms with E-state index in [1.165, 1.54) is 4.90 Å². The van der Waals surface area contributed by atoms with E-state index >= 15 is 0 Å². The third kappa shape index (κ3) is 2.77. The standard InChI is InChI=1S/C13H13IN2O4/c14-9-3-1-2-7-8(9)6-16(13(7)20)10(12(15)19)4-5-11(17)18/h1-3,10H,4-6H2,(H2,15,19)(H,17,18)/t10-/m0/s1. The van der Waals surface area contributed by atoms with Gasteiger partial charge in [-0.05, 0) is 46.7 Å². The lowest BCUT2D eigenvalue weighted by Crippen LogP contribution is -2.45. The zero-order chi connectivity index (χ0) is 14.9. The van der Waals surface area contributed by atoms with Crippen LogP contribution in [0, 0.1) is 3.57 Å². The predicted octanol–water partition coefficient (Wildman–Crippen LogP) is 0.966. The summed E-state index contributed by atoms with van der Waals surface area (Å²) in [4.78, 5) is 35.8. The summed E-state index contributed by atoms with van der Waals surface area (Å²) in [7, 11) is 0. The highest BCUT2D eigenvalue weighted by Gasteiger charge is 2.36. The Morgan fingerprint density at radius 1 is 1.45 bits per heavy atom. The summed E-state index contributed by atoms with van der Waals surface area (Å²) in [5, 5.41) is 8.71. The molecule has 1 aliphatic heterocycles. The number of nitrogens with two attached hydrogens (primary N) is 1. The molecule has 3 N–H and O–H groups in total. The first-order valence-electron chi connectivity index (χ1n) is 6.01. The van der Waals surface area contributed by atoms with Crippen LogP contribution in [-0.4, -0.2) is 33.8 Å². The maximum Gasteiger partial charge on any atom is 0.303 e. The van der Waals surface area contributed by atoms with Gasteiger partial charge in [-0.1, -0.05) is 6.07 Å². The minimum atomic E-state index is -1.02. The number of fused-ring (bicyclic) bond motifs is 1. The second-order valence-electron chi connectivity index (χ2n) is 4.55. The number of carbonyl (C=O) groups is 3. The van der Waals surface area contributed by atoms with Gasteiger partial charge in [-0.15, -0.1) is 0 Å². The van der Waals surface area contributed by atoms with Crippen molar-refractivity contribution in [3.05, 3.63) is 32.9 Å². The molecular formula is C13H13IN2O4. The van der Waals surface area contributed by atoms with Crippen LogP contribution in [-0.2, 0) is 16.1 Å². The van der Waals surface area contributed by atoms with Gasteiger partial charge < -0.3 is 15.7 Å². The molecule has 2 rings (SSSR count). The van der Waals surface area contributed by atoms with Crippen LogP contribution in [0.1, 0.15) is 28.8 Å². The SMILES string of the molecule is NC(=O)[C@H](CCC(=O)O)N1Cc2c(I)cccc2C1=O. The zero-order valence-electron chi connectivity index (χ0n) is 10.5. The van der Waals surface area contributed by atoms with Crippen LogP contribution in [0.15, 0.2) is 18.2 Å². The molecule has 0 bridgehead atoms. The third-order valence-corrected chi connectivity index (χ3v) is 4.29. The second kappa shape index (κ2) is 5.78. The first-order valence-corrected chi connectivity index (χ1v) is 7.09. The Morgan fingerprint density at radius 3 is 2.70 bits per heavy atom. The Morgan fingerprint density at radius 2 is 2.15 bits per heavy atom. The van der Waals surface area contributed by atoms with E-state index in [1.807, 2.05) is 6.07 Å². The normalized spacial score (nSPS) is 15.1. The average Bonchev–Trinajstić information content (AvgIpc) is 2.69. The topological polar surface area (TPSA) is 101 Å². The number of benzene rings is 1. The van der Waals surface area contributed by atoms with Gasteiger partial charge in [-0.3, -0.25) is 14.4 Å². The number of rotatable bonds is 5. The van der Waals surface area contributed by atoms with Gasteiger partial charge in [-0.2, -0.15) is 0 Å². The molecular weight excluding hydrogens is 375 g/mol. The van der Waals surface area contributed by atoms with E-state index in [4.69, 9.17) is 10.8 Å². The molecule has 106 valence electrons. The van der Waals surface area contributed by atoms with Crippen molar-refractivity contribution in [3.63, 3.8) is 0 Å². The molecule has 1 aliphatic rings. The zero-order valence-corrected chi connectivity index (χ0v) is 12.7. The minimum absolute atomic E-state index is 0.0287. The van der Waals surface area contributed by atoms with Crippen LogP contribution >= 0.6 is 22.6 Å². The van der Waals surface area contributed by atoms with Crippen molar-refractivity contribution >= 4 is 40.4 Å². The Hall–Kier alpha value is -1.64. The molecule has 0 aliphatic carbocycles. The number of carboxylic acids is 1. The monoisotopic (exact) mass is 388 g/mol. The highest BCUT2D eigenvalue weighted by molar-refractivity contribution is 14.1. The van der Waals surface area contributed by atoms with E-state index in [2.05, 4.69) is 22.6 Å². The summed E-state index contributed by atoms with van der Waals surface area (Å²) in [6.45, 7) is 0.292. The summed E-state index contributed by atoms with van der Waals surface area (Å²) in [5.74, 6) is -1.97. The summed E-state index contributed by atoms with van der Waals surface area (Å²) in [6, 6.07) is 4.47. The van der Waals surface area contributed by atoms with Gasteiger partial charge in [0.25, 0.3) is 5.91 Å². The lowest BCUT2D eigenvalue weighted by atomic mass is 10.1. The molecule has 0 unspecified atom stereocenters. The molecule has 0 saturated heterocycles. The summed E-state index contributed by atoms with van der Waals surface area (Å²) in [5.41, 5.74) is 6.73. The molecule has 0 saturated carbocycles. The van der Waals surface area contributed by atoms with Crippen molar-refractivity contribution in [1.29, 1.82) is 0 Å². The van der Waals surface area contributed by atoms with Crippen LogP contribution in [0.3, 0.4) is 0 Å². The molecule has 20 heavy (non-hydrogen) atoms. The van der Waals surface area contributed by atoms with E-state index < -0.39 is 17.9 Å². The number of hydrogen-bond acceptors (Lipinski definition) is 3. The number of carbonyl (C=O) groups excluding carboxylic acids is 2. The minimum Gasteiger partial charge on any atom is -0.481 e. The van der Waals surface area contributed by atoms with Gasteiger partial charge in [0.1, 0.15) is 6.04 Å². The maximum atomic E-state index is 12.3. The second-order valence-corrected chi connectivity index (χ2v) is 5.71. The van der Waals surface area contributed by atoms with Crippen molar-refractivity contribution in [3.8, 4) is 0 Å². The molecule has 1 atom stereocenters. The molecule has 0 fully saturated rings. The van der Waals surface area contributed by atoms with Crippen LogP contribution in [0.4, 0.5) is 0 Å². The van der Waals surface area contributed by atoms with Crippen molar-refractivity contribution in [2.24, 2.45) is 5.73 Å². The van der Waals surface area contributed by atoms with E-state index in [-0.39, 0.29) is 18.7 Å². The third-order valence-electron chi connectivity index (χ3n) is 3.27. The smallest absolute Gasteiger partial charge is 0.303 e. The fourth-order valence-corrected chi connectivity index (χ4v) is 2.95. The van der Waals surface area contributed by atoms with Crippen molar-refractivity contribution in [2.45, 2.75) is 25.4 Å². The first kappa shape index (κ1) is 14.8. The number of amides is 2. The molecule has 0 aromatic heterocycles. The van der Waals surface area contributed by atoms with E-state index in [0.29, 0.717) is 12.1 Å². The van der Waals surface area contributed by atoms with E-state index in [1.54, 1.807) is 12.1 Å². The summed E-state index contributed by atoms with van der Waals surface area (Å²) in [6.07, 6.45) is -0.175. The Bertz CT molecular complexity index is 588. The molecule has 1 heterocycles. The Balaban J connectivity index is 2.25. The van der Waals surface area contributed by atoms with Gasteiger partial charge >= 0.3 is 5.97 Å². The first-order chi connectivity index (χ1) is 9.41. The predicted molar refractivity (Wildman–Crippen MR) is 78.9 cm³/mol. The van der Waals surface area contributed by atoms with Crippen LogP contribution in [0.2, 0.25) is 0 Å². The Labute approximate surface area is 129 Å². The van der Waals surface area contributed by atoms with Gasteiger partial charge in [0, 0.05) is 22.1 Å². The van der Waals surface area contributed by atoms with E-state index in [0.717, 1.165) is 9.13 Å². The summed E-state index contributed by atoms with van der Waals surface area (Å²) >= 11 is 2.13. The van der Waals surface area contributed by atoms with Crippen LogP contribution in [0.25, 0.3) is 0 Å². The number of primary amides is 1. The largest absolute Gasteiger partial charge is 0.481 e.